The number of thiophene rings is 1. The van der Waals surface area contributed by atoms with E-state index in [-0.39, 0.29) is 44.8 Å². The standard InChI is InChI=1S/C26H31N3O6S3/c1-25(2,3)10-11-26(4)18-9-6-5-8-17(18)20(30)19(22(26)31)23-27-24-21(38(34,35)28-23)16(15-36-24)14-29-12-7-13-37(29,32)33/h5-6,8-9,15,30H,7,10-14H2,1-4H3,(H,27,28)/t26-/m1/s1. The van der Waals surface area contributed by atoms with E-state index in [0.717, 1.165) is 17.8 Å². The first-order valence-corrected chi connectivity index (χ1v) is 16.4. The lowest BCUT2D eigenvalue weighted by molar-refractivity contribution is -0.120. The van der Waals surface area contributed by atoms with Crippen LogP contribution in [0.4, 0.5) is 5.00 Å². The minimum atomic E-state index is -4.29. The molecule has 5 rings (SSSR count). The van der Waals surface area contributed by atoms with Crippen molar-refractivity contribution in [3.8, 4) is 0 Å². The van der Waals surface area contributed by atoms with Crippen LogP contribution < -0.4 is 5.32 Å². The highest BCUT2D eigenvalue weighted by molar-refractivity contribution is 7.91. The van der Waals surface area contributed by atoms with Gasteiger partial charge in [0.15, 0.2) is 11.6 Å². The summed E-state index contributed by atoms with van der Waals surface area (Å²) in [4.78, 5) is 14.0. The van der Waals surface area contributed by atoms with Crippen LogP contribution in [0.2, 0.25) is 0 Å². The molecule has 1 aliphatic carbocycles. The number of Topliss-reactive ketones (excluding diaryl/α,β-unsaturated/α-hetero) is 1. The van der Waals surface area contributed by atoms with Gasteiger partial charge in [-0.05, 0) is 42.5 Å². The smallest absolute Gasteiger partial charge is 0.287 e. The van der Waals surface area contributed by atoms with Crippen molar-refractivity contribution in [2.45, 2.75) is 63.8 Å². The number of benzene rings is 1. The largest absolute Gasteiger partial charge is 0.506 e. The fourth-order valence-corrected chi connectivity index (χ4v) is 9.31. The van der Waals surface area contributed by atoms with Crippen molar-refractivity contribution in [3.05, 3.63) is 51.9 Å². The molecule has 2 N–H and O–H groups in total. The molecule has 0 unspecified atom stereocenters. The molecule has 1 fully saturated rings. The number of hydrogen-bond acceptors (Lipinski definition) is 8. The Morgan fingerprint density at radius 3 is 2.55 bits per heavy atom. The third-order valence-electron chi connectivity index (χ3n) is 7.42. The summed E-state index contributed by atoms with van der Waals surface area (Å²) < 4.78 is 56.6. The number of amidine groups is 1. The van der Waals surface area contributed by atoms with Crippen LogP contribution in [0.1, 0.15) is 63.6 Å². The van der Waals surface area contributed by atoms with Crippen molar-refractivity contribution < 1.29 is 26.7 Å². The molecule has 2 aliphatic heterocycles. The Labute approximate surface area is 227 Å². The van der Waals surface area contributed by atoms with E-state index in [1.807, 2.05) is 19.1 Å². The quantitative estimate of drug-likeness (QED) is 0.537. The molecule has 0 spiro atoms. The first-order chi connectivity index (χ1) is 17.6. The predicted molar refractivity (Wildman–Crippen MR) is 148 cm³/mol. The lowest BCUT2D eigenvalue weighted by atomic mass is 9.65. The van der Waals surface area contributed by atoms with Gasteiger partial charge in [0.1, 0.15) is 21.2 Å². The molecule has 9 nitrogen and oxygen atoms in total. The van der Waals surface area contributed by atoms with E-state index in [2.05, 4.69) is 30.5 Å². The van der Waals surface area contributed by atoms with Crippen molar-refractivity contribution in [1.82, 2.24) is 4.31 Å². The van der Waals surface area contributed by atoms with Gasteiger partial charge in [-0.2, -0.15) is 12.7 Å². The van der Waals surface area contributed by atoms with E-state index in [0.29, 0.717) is 36.1 Å². The zero-order valence-electron chi connectivity index (χ0n) is 21.7. The normalized spacial score (nSPS) is 24.5. The highest BCUT2D eigenvalue weighted by Crippen LogP contribution is 2.46. The summed E-state index contributed by atoms with van der Waals surface area (Å²) in [5.74, 6) is -0.900. The fourth-order valence-electron chi connectivity index (χ4n) is 5.23. The number of hydrogen-bond donors (Lipinski definition) is 2. The molecule has 0 amide bonds. The summed E-state index contributed by atoms with van der Waals surface area (Å²) in [5.41, 5.74) is 0.296. The molecular weight excluding hydrogens is 547 g/mol. The third kappa shape index (κ3) is 4.51. The highest BCUT2D eigenvalue weighted by Gasteiger charge is 2.47. The minimum Gasteiger partial charge on any atom is -0.506 e. The van der Waals surface area contributed by atoms with Crippen LogP contribution in [0.3, 0.4) is 0 Å². The Morgan fingerprint density at radius 2 is 1.89 bits per heavy atom. The van der Waals surface area contributed by atoms with E-state index in [4.69, 9.17) is 0 Å². The van der Waals surface area contributed by atoms with Gasteiger partial charge < -0.3 is 10.4 Å². The predicted octanol–water partition coefficient (Wildman–Crippen LogP) is 4.43. The van der Waals surface area contributed by atoms with Crippen molar-refractivity contribution >= 4 is 53.8 Å². The Kier molecular flexibility index (Phi) is 6.41. The Bertz CT molecular complexity index is 1610. The molecule has 204 valence electrons. The highest BCUT2D eigenvalue weighted by atomic mass is 32.2. The second kappa shape index (κ2) is 9.00. The molecule has 38 heavy (non-hydrogen) atoms. The van der Waals surface area contributed by atoms with Gasteiger partial charge in [0.25, 0.3) is 10.0 Å². The number of sulfonamides is 2. The van der Waals surface area contributed by atoms with Gasteiger partial charge in [-0.3, -0.25) is 4.79 Å². The van der Waals surface area contributed by atoms with Gasteiger partial charge in [0.05, 0.1) is 11.2 Å². The average Bonchev–Trinajstić information content (AvgIpc) is 3.39. The molecule has 0 radical (unpaired) electrons. The zero-order valence-corrected chi connectivity index (χ0v) is 24.2. The van der Waals surface area contributed by atoms with E-state index >= 15 is 0 Å². The molecule has 1 saturated heterocycles. The lowest BCUT2D eigenvalue weighted by Crippen LogP contribution is -2.42. The summed E-state index contributed by atoms with van der Waals surface area (Å²) in [6.07, 6.45) is 1.72. The molecule has 1 aromatic carbocycles. The lowest BCUT2D eigenvalue weighted by Gasteiger charge is -2.37. The van der Waals surface area contributed by atoms with Crippen LogP contribution in [-0.4, -0.2) is 50.2 Å². The molecule has 2 aromatic rings. The van der Waals surface area contributed by atoms with Crippen LogP contribution in [0, 0.1) is 5.41 Å². The maximum atomic E-state index is 14.1. The average molecular weight is 578 g/mol. The summed E-state index contributed by atoms with van der Waals surface area (Å²) in [6.45, 7) is 8.36. The van der Waals surface area contributed by atoms with Crippen LogP contribution in [0.25, 0.3) is 5.76 Å². The van der Waals surface area contributed by atoms with Crippen LogP contribution >= 0.6 is 11.3 Å². The number of nitrogens with one attached hydrogen (secondary N) is 1. The Morgan fingerprint density at radius 1 is 1.18 bits per heavy atom. The molecule has 1 atom stereocenters. The van der Waals surface area contributed by atoms with Gasteiger partial charge in [-0.25, -0.2) is 8.42 Å². The van der Waals surface area contributed by atoms with E-state index in [1.165, 1.54) is 4.31 Å². The maximum Gasteiger partial charge on any atom is 0.287 e. The van der Waals surface area contributed by atoms with E-state index < -0.39 is 31.2 Å². The molecule has 0 bridgehead atoms. The number of aliphatic hydroxyl groups excluding tert-OH is 1. The van der Waals surface area contributed by atoms with Gasteiger partial charge in [-0.15, -0.1) is 15.7 Å². The van der Waals surface area contributed by atoms with Crippen molar-refractivity contribution in [1.29, 1.82) is 0 Å². The SMILES string of the molecule is CC(C)(C)CC[C@@]1(C)C(=O)C(C2=NS(=O)(=O)c3c(CN4CCCS4(=O)=O)csc3N2)=C(O)c2ccccc21. The van der Waals surface area contributed by atoms with E-state index in [1.54, 1.807) is 17.5 Å². The zero-order chi connectivity index (χ0) is 27.7. The monoisotopic (exact) mass is 577 g/mol. The van der Waals surface area contributed by atoms with Crippen molar-refractivity contribution in [3.63, 3.8) is 0 Å². The van der Waals surface area contributed by atoms with Crippen molar-refractivity contribution in [2.24, 2.45) is 9.81 Å². The summed E-state index contributed by atoms with van der Waals surface area (Å²) in [7, 11) is -7.71. The number of rotatable bonds is 5. The van der Waals surface area contributed by atoms with Crippen LogP contribution in [0.15, 0.2) is 44.5 Å². The molecule has 0 saturated carbocycles. The van der Waals surface area contributed by atoms with Crippen LogP contribution in [0.5, 0.6) is 0 Å². The number of nitrogens with zero attached hydrogens (tertiary/aromatic N) is 2. The van der Waals surface area contributed by atoms with Gasteiger partial charge in [0.2, 0.25) is 10.0 Å². The van der Waals surface area contributed by atoms with E-state index in [9.17, 15) is 26.7 Å². The summed E-state index contributed by atoms with van der Waals surface area (Å²) >= 11 is 1.10. The molecule has 3 heterocycles. The Balaban J connectivity index is 1.57. The number of aliphatic hydroxyl groups is 1. The summed E-state index contributed by atoms with van der Waals surface area (Å²) in [6, 6.07) is 7.12. The first-order valence-electron chi connectivity index (χ1n) is 12.4. The van der Waals surface area contributed by atoms with Gasteiger partial charge in [-0.1, -0.05) is 45.0 Å². The molecule has 3 aliphatic rings. The number of carbonyl (C=O) groups is 1. The maximum absolute atomic E-state index is 14.1. The van der Waals surface area contributed by atoms with Crippen molar-refractivity contribution in [2.75, 3.05) is 17.6 Å². The Hall–Kier alpha value is -2.54. The minimum absolute atomic E-state index is 0.0393. The van der Waals surface area contributed by atoms with Crippen LogP contribution in [-0.2, 0) is 36.8 Å². The number of anilines is 1. The number of fused-ring (bicyclic) bond motifs is 2. The summed E-state index contributed by atoms with van der Waals surface area (Å²) in [5, 5.41) is 16.1. The topological polar surface area (TPSA) is 133 Å². The molecular formula is C26H31N3O6S3. The fraction of sp³-hybridized carbons (Fsp3) is 0.462. The second-order valence-electron chi connectivity index (χ2n) is 11.5. The van der Waals surface area contributed by atoms with Gasteiger partial charge in [0, 0.05) is 24.2 Å². The third-order valence-corrected chi connectivity index (χ3v) is 11.8. The molecule has 12 heteroatoms. The second-order valence-corrected chi connectivity index (χ2v) is 16.0. The first kappa shape index (κ1) is 27.0. The molecule has 1 aromatic heterocycles. The van der Waals surface area contributed by atoms with Gasteiger partial charge >= 0.3 is 0 Å². The number of ketones is 1. The number of carbonyl (C=O) groups excluding carboxylic acids is 1.